The molecule has 0 N–H and O–H groups in total. The van der Waals surface area contributed by atoms with E-state index in [0.29, 0.717) is 11.1 Å². The van der Waals surface area contributed by atoms with Gasteiger partial charge in [-0.1, -0.05) is 18.2 Å². The normalized spacial score (nSPS) is 14.5. The summed E-state index contributed by atoms with van der Waals surface area (Å²) in [7, 11) is 6.34. The van der Waals surface area contributed by atoms with Crippen LogP contribution < -0.4 is 4.74 Å². The Morgan fingerprint density at radius 1 is 1.06 bits per heavy atom. The monoisotopic (exact) mass is 452 g/mol. The lowest BCUT2D eigenvalue weighted by molar-refractivity contribution is -0.110. The minimum absolute atomic E-state index is 0.0933. The van der Waals surface area contributed by atoms with Crippen molar-refractivity contribution >= 4 is 17.4 Å². The number of likely N-dealkylation sites (N-methyl/N-ethyl adjacent to an activating group) is 1. The molecule has 7 heteroatoms. The van der Waals surface area contributed by atoms with Crippen molar-refractivity contribution in [3.05, 3.63) is 64.7 Å². The quantitative estimate of drug-likeness (QED) is 0.427. The molecular formula is C26H32N2O5. The SMILES string of the molecule is COc1ccc2c(c1)C(CC(=O)c1cccc(C(=O)N(C)CC(OC)OC)c1)=NC(C)(C)C2. The number of fused-ring (bicyclic) bond motifs is 1. The van der Waals surface area contributed by atoms with Crippen molar-refractivity contribution < 1.29 is 23.8 Å². The lowest BCUT2D eigenvalue weighted by atomic mass is 9.85. The highest BCUT2D eigenvalue weighted by Gasteiger charge is 2.28. The zero-order valence-electron chi connectivity index (χ0n) is 20.2. The number of methoxy groups -OCH3 is 3. The number of Topliss-reactive ketones (excluding diaryl/α,β-unsaturated/α-hetero) is 1. The molecule has 0 bridgehead atoms. The average Bonchev–Trinajstić information content (AvgIpc) is 2.81. The molecule has 0 saturated carbocycles. The van der Waals surface area contributed by atoms with Gasteiger partial charge in [0.15, 0.2) is 12.1 Å². The van der Waals surface area contributed by atoms with Gasteiger partial charge in [-0.25, -0.2) is 0 Å². The Labute approximate surface area is 195 Å². The number of carbonyl (C=O) groups is 2. The molecule has 0 radical (unpaired) electrons. The summed E-state index contributed by atoms with van der Waals surface area (Å²) >= 11 is 0. The number of hydrogen-bond acceptors (Lipinski definition) is 6. The van der Waals surface area contributed by atoms with Crippen molar-refractivity contribution in [2.24, 2.45) is 4.99 Å². The summed E-state index contributed by atoms with van der Waals surface area (Å²) < 4.78 is 15.7. The third-order valence-corrected chi connectivity index (χ3v) is 5.74. The van der Waals surface area contributed by atoms with Crippen LogP contribution in [0.5, 0.6) is 5.75 Å². The summed E-state index contributed by atoms with van der Waals surface area (Å²) in [4.78, 5) is 32.5. The van der Waals surface area contributed by atoms with E-state index < -0.39 is 6.29 Å². The maximum absolute atomic E-state index is 13.2. The molecule has 2 aromatic rings. The zero-order valence-corrected chi connectivity index (χ0v) is 20.2. The van der Waals surface area contributed by atoms with Crippen LogP contribution in [0.3, 0.4) is 0 Å². The Balaban J connectivity index is 1.82. The van der Waals surface area contributed by atoms with E-state index in [0.717, 1.165) is 29.0 Å². The number of aliphatic imine (C=N–C) groups is 1. The lowest BCUT2D eigenvalue weighted by Crippen LogP contribution is -2.36. The molecule has 0 aromatic heterocycles. The molecule has 0 aliphatic carbocycles. The van der Waals surface area contributed by atoms with Gasteiger partial charge in [-0.2, -0.15) is 0 Å². The van der Waals surface area contributed by atoms with Crippen molar-refractivity contribution in [3.8, 4) is 5.75 Å². The Morgan fingerprint density at radius 2 is 1.76 bits per heavy atom. The van der Waals surface area contributed by atoms with Crippen LogP contribution in [0.4, 0.5) is 0 Å². The van der Waals surface area contributed by atoms with Crippen molar-refractivity contribution in [1.82, 2.24) is 4.90 Å². The first-order valence-electron chi connectivity index (χ1n) is 10.9. The average molecular weight is 453 g/mol. The van der Waals surface area contributed by atoms with Gasteiger partial charge >= 0.3 is 0 Å². The number of amides is 1. The van der Waals surface area contributed by atoms with Crippen LogP contribution in [-0.2, 0) is 15.9 Å². The Bertz CT molecular complexity index is 1060. The van der Waals surface area contributed by atoms with E-state index in [-0.39, 0.29) is 30.2 Å². The van der Waals surface area contributed by atoms with Crippen molar-refractivity contribution in [2.45, 2.75) is 38.5 Å². The van der Waals surface area contributed by atoms with Gasteiger partial charge < -0.3 is 19.1 Å². The van der Waals surface area contributed by atoms with E-state index in [9.17, 15) is 9.59 Å². The number of ether oxygens (including phenoxy) is 3. The first kappa shape index (κ1) is 24.6. The van der Waals surface area contributed by atoms with Gasteiger partial charge in [0.2, 0.25) is 0 Å². The van der Waals surface area contributed by atoms with Crippen molar-refractivity contribution in [1.29, 1.82) is 0 Å². The van der Waals surface area contributed by atoms with Crippen LogP contribution in [0.15, 0.2) is 47.5 Å². The molecule has 0 fully saturated rings. The topological polar surface area (TPSA) is 77.4 Å². The number of ketones is 1. The Morgan fingerprint density at radius 3 is 2.42 bits per heavy atom. The highest BCUT2D eigenvalue weighted by Crippen LogP contribution is 2.31. The molecule has 3 rings (SSSR count). The highest BCUT2D eigenvalue weighted by atomic mass is 16.7. The second kappa shape index (κ2) is 10.3. The van der Waals surface area contributed by atoms with Gasteiger partial charge in [0.25, 0.3) is 5.91 Å². The predicted molar refractivity (Wildman–Crippen MR) is 127 cm³/mol. The lowest BCUT2D eigenvalue weighted by Gasteiger charge is -2.29. The fourth-order valence-corrected chi connectivity index (χ4v) is 4.02. The van der Waals surface area contributed by atoms with Gasteiger partial charge in [-0.15, -0.1) is 0 Å². The van der Waals surface area contributed by atoms with Crippen LogP contribution in [0, 0.1) is 0 Å². The standard InChI is InChI=1S/C26H32N2O5/c1-26(2)15-19-10-11-20(31-4)13-21(19)22(27-26)14-23(29)17-8-7-9-18(12-17)25(30)28(3)16-24(32-5)33-6/h7-13,24H,14-16H2,1-6H3. The van der Waals surface area contributed by atoms with Crippen LogP contribution in [0.25, 0.3) is 0 Å². The summed E-state index contributed by atoms with van der Waals surface area (Å²) in [6.45, 7) is 4.40. The van der Waals surface area contributed by atoms with Crippen molar-refractivity contribution in [2.75, 3.05) is 34.9 Å². The second-order valence-corrected chi connectivity index (χ2v) is 8.84. The molecule has 0 spiro atoms. The third-order valence-electron chi connectivity index (χ3n) is 5.74. The highest BCUT2D eigenvalue weighted by molar-refractivity contribution is 6.17. The Kier molecular flexibility index (Phi) is 7.66. The summed E-state index contributed by atoms with van der Waals surface area (Å²) in [5, 5.41) is 0. The first-order valence-corrected chi connectivity index (χ1v) is 10.9. The van der Waals surface area contributed by atoms with E-state index >= 15 is 0 Å². The summed E-state index contributed by atoms with van der Waals surface area (Å²) in [6.07, 6.45) is 0.421. The molecule has 1 aliphatic heterocycles. The molecule has 1 amide bonds. The molecule has 176 valence electrons. The summed E-state index contributed by atoms with van der Waals surface area (Å²) in [5.74, 6) is 0.425. The molecule has 0 unspecified atom stereocenters. The largest absolute Gasteiger partial charge is 0.497 e. The van der Waals surface area contributed by atoms with E-state index in [1.54, 1.807) is 38.4 Å². The maximum Gasteiger partial charge on any atom is 0.253 e. The fourth-order valence-electron chi connectivity index (χ4n) is 4.02. The molecule has 0 atom stereocenters. The zero-order chi connectivity index (χ0) is 24.2. The maximum atomic E-state index is 13.2. The summed E-state index contributed by atoms with van der Waals surface area (Å²) in [5.41, 5.74) is 3.44. The van der Waals surface area contributed by atoms with Crippen LogP contribution in [0.1, 0.15) is 52.1 Å². The fraction of sp³-hybridized carbons (Fsp3) is 0.423. The second-order valence-electron chi connectivity index (χ2n) is 8.84. The molecule has 7 nitrogen and oxygen atoms in total. The number of benzene rings is 2. The number of carbonyl (C=O) groups excluding carboxylic acids is 2. The smallest absolute Gasteiger partial charge is 0.253 e. The van der Waals surface area contributed by atoms with Gasteiger partial charge in [0, 0.05) is 38.0 Å². The predicted octanol–water partition coefficient (Wildman–Crippen LogP) is 3.78. The number of nitrogens with zero attached hydrogens (tertiary/aromatic N) is 2. The van der Waals surface area contributed by atoms with E-state index in [1.807, 2.05) is 18.2 Å². The van der Waals surface area contributed by atoms with Crippen LogP contribution >= 0.6 is 0 Å². The van der Waals surface area contributed by atoms with Crippen LogP contribution in [0.2, 0.25) is 0 Å². The van der Waals surface area contributed by atoms with Crippen LogP contribution in [-0.4, -0.2) is 69.1 Å². The number of rotatable bonds is 9. The van der Waals surface area contributed by atoms with E-state index in [1.165, 1.54) is 19.1 Å². The first-order chi connectivity index (χ1) is 15.7. The third kappa shape index (κ3) is 5.86. The van der Waals surface area contributed by atoms with Crippen molar-refractivity contribution in [3.63, 3.8) is 0 Å². The molecule has 1 heterocycles. The molecular weight excluding hydrogens is 420 g/mol. The van der Waals surface area contributed by atoms with Gasteiger partial charge in [-0.05, 0) is 50.1 Å². The van der Waals surface area contributed by atoms with Gasteiger partial charge in [-0.3, -0.25) is 14.6 Å². The minimum Gasteiger partial charge on any atom is -0.497 e. The molecule has 2 aromatic carbocycles. The van der Waals surface area contributed by atoms with Gasteiger partial charge in [0.05, 0.1) is 31.3 Å². The molecule has 0 saturated heterocycles. The molecule has 1 aliphatic rings. The Hall–Kier alpha value is -3.03. The van der Waals surface area contributed by atoms with Gasteiger partial charge in [0.1, 0.15) is 5.75 Å². The molecule has 33 heavy (non-hydrogen) atoms. The van der Waals surface area contributed by atoms with E-state index in [4.69, 9.17) is 19.2 Å². The minimum atomic E-state index is -0.520. The number of hydrogen-bond donors (Lipinski definition) is 0. The summed E-state index contributed by atoms with van der Waals surface area (Å²) in [6, 6.07) is 12.7. The van der Waals surface area contributed by atoms with E-state index in [2.05, 4.69) is 13.8 Å².